The molecule has 1 aliphatic rings. The van der Waals surface area contributed by atoms with Gasteiger partial charge < -0.3 is 9.72 Å². The van der Waals surface area contributed by atoms with E-state index < -0.39 is 0 Å². The maximum absolute atomic E-state index is 12.5. The van der Waals surface area contributed by atoms with E-state index in [0.29, 0.717) is 18.0 Å². The van der Waals surface area contributed by atoms with Crippen molar-refractivity contribution in [2.24, 2.45) is 0 Å². The molecule has 130 valence electrons. The van der Waals surface area contributed by atoms with Crippen molar-refractivity contribution in [1.29, 1.82) is 0 Å². The Morgan fingerprint density at radius 3 is 2.62 bits per heavy atom. The largest absolute Gasteiger partial charge is 0.381 e. The van der Waals surface area contributed by atoms with Crippen LogP contribution in [0.2, 0.25) is 0 Å². The summed E-state index contributed by atoms with van der Waals surface area (Å²) in [4.78, 5) is 22.4. The van der Waals surface area contributed by atoms with Gasteiger partial charge in [0.05, 0.1) is 23.6 Å². The van der Waals surface area contributed by atoms with Gasteiger partial charge in [-0.15, -0.1) is 0 Å². The Morgan fingerprint density at radius 1 is 1.29 bits per heavy atom. The molecule has 1 aromatic carbocycles. The van der Waals surface area contributed by atoms with E-state index in [9.17, 15) is 4.79 Å². The van der Waals surface area contributed by atoms with Gasteiger partial charge in [-0.3, -0.25) is 9.69 Å². The number of piperidine rings is 1. The van der Waals surface area contributed by atoms with Crippen LogP contribution in [-0.2, 0) is 16.7 Å². The zero-order chi connectivity index (χ0) is 17.3. The van der Waals surface area contributed by atoms with Gasteiger partial charge >= 0.3 is 0 Å². The Bertz CT molecular complexity index is 768. The molecule has 0 bridgehead atoms. The predicted octanol–water partition coefficient (Wildman–Crippen LogP) is 2.83. The minimum absolute atomic E-state index is 0.0188. The van der Waals surface area contributed by atoms with Crippen LogP contribution < -0.4 is 5.56 Å². The number of hydrogen-bond donors (Lipinski definition) is 1. The molecule has 0 saturated carbocycles. The first-order valence-electron chi connectivity index (χ1n) is 8.65. The van der Waals surface area contributed by atoms with Crippen molar-refractivity contribution in [2.75, 3.05) is 20.2 Å². The molecule has 0 atom stereocenters. The van der Waals surface area contributed by atoms with Crippen LogP contribution in [0.4, 0.5) is 0 Å². The van der Waals surface area contributed by atoms with E-state index in [1.165, 1.54) is 0 Å². The molecule has 0 radical (unpaired) electrons. The molecule has 5 nitrogen and oxygen atoms in total. The number of nitrogens with one attached hydrogen (secondary N) is 1. The second kappa shape index (κ2) is 6.65. The fraction of sp³-hybridized carbons (Fsp3) is 0.579. The third-order valence-corrected chi connectivity index (χ3v) is 4.86. The highest BCUT2D eigenvalue weighted by atomic mass is 16.5. The molecule has 3 rings (SSSR count). The second-order valence-electron chi connectivity index (χ2n) is 7.71. The van der Waals surface area contributed by atoms with Gasteiger partial charge in [-0.05, 0) is 36.0 Å². The number of H-pyrrole nitrogens is 1. The zero-order valence-electron chi connectivity index (χ0n) is 15.1. The van der Waals surface area contributed by atoms with Crippen molar-refractivity contribution >= 4 is 10.9 Å². The maximum Gasteiger partial charge on any atom is 0.258 e. The average molecular weight is 329 g/mol. The predicted molar refractivity (Wildman–Crippen MR) is 96.4 cm³/mol. The lowest BCUT2D eigenvalue weighted by Crippen LogP contribution is -2.36. The summed E-state index contributed by atoms with van der Waals surface area (Å²) in [5.41, 5.74) is 1.89. The summed E-state index contributed by atoms with van der Waals surface area (Å²) in [6.07, 6.45) is 2.42. The summed E-state index contributed by atoms with van der Waals surface area (Å²) in [5.74, 6) is 0.742. The molecule has 0 amide bonds. The molecule has 24 heavy (non-hydrogen) atoms. The van der Waals surface area contributed by atoms with Crippen LogP contribution in [0.5, 0.6) is 0 Å². The molecule has 1 aliphatic heterocycles. The molecule has 0 spiro atoms. The molecule has 1 saturated heterocycles. The van der Waals surface area contributed by atoms with Crippen molar-refractivity contribution in [2.45, 2.75) is 51.7 Å². The fourth-order valence-electron chi connectivity index (χ4n) is 3.24. The van der Waals surface area contributed by atoms with Crippen LogP contribution >= 0.6 is 0 Å². The fourth-order valence-corrected chi connectivity index (χ4v) is 3.24. The lowest BCUT2D eigenvalue weighted by molar-refractivity contribution is 0.0381. The Hall–Kier alpha value is -1.72. The third kappa shape index (κ3) is 3.68. The zero-order valence-corrected chi connectivity index (χ0v) is 15.1. The van der Waals surface area contributed by atoms with Crippen molar-refractivity contribution < 1.29 is 4.74 Å². The van der Waals surface area contributed by atoms with Gasteiger partial charge in [-0.1, -0.05) is 26.8 Å². The van der Waals surface area contributed by atoms with Gasteiger partial charge in [0.1, 0.15) is 5.82 Å². The molecule has 0 unspecified atom stereocenters. The van der Waals surface area contributed by atoms with Crippen LogP contribution in [0.25, 0.3) is 10.9 Å². The quantitative estimate of drug-likeness (QED) is 0.941. The number of nitrogens with zero attached hydrogens (tertiary/aromatic N) is 2. The molecule has 1 fully saturated rings. The highest BCUT2D eigenvalue weighted by Gasteiger charge is 2.20. The minimum atomic E-state index is -0.0483. The highest BCUT2D eigenvalue weighted by Crippen LogP contribution is 2.24. The number of aromatic nitrogens is 2. The van der Waals surface area contributed by atoms with Crippen molar-refractivity contribution in [3.63, 3.8) is 0 Å². The van der Waals surface area contributed by atoms with Crippen LogP contribution in [0.15, 0.2) is 23.0 Å². The summed E-state index contributed by atoms with van der Waals surface area (Å²) >= 11 is 0. The number of likely N-dealkylation sites (tertiary alicyclic amines) is 1. The molecular weight excluding hydrogens is 302 g/mol. The van der Waals surface area contributed by atoms with Gasteiger partial charge in [-0.2, -0.15) is 0 Å². The summed E-state index contributed by atoms with van der Waals surface area (Å²) in [5, 5.41) is 0.671. The number of methoxy groups -OCH3 is 1. The molecule has 5 heteroatoms. The lowest BCUT2D eigenvalue weighted by atomic mass is 9.86. The summed E-state index contributed by atoms with van der Waals surface area (Å²) < 4.78 is 5.40. The summed E-state index contributed by atoms with van der Waals surface area (Å²) in [6.45, 7) is 9.07. The Morgan fingerprint density at radius 2 is 2.00 bits per heavy atom. The van der Waals surface area contributed by atoms with Gasteiger partial charge in [0, 0.05) is 20.2 Å². The smallest absolute Gasteiger partial charge is 0.258 e. The first-order chi connectivity index (χ1) is 11.4. The average Bonchev–Trinajstić information content (AvgIpc) is 2.54. The van der Waals surface area contributed by atoms with Crippen LogP contribution in [0.3, 0.4) is 0 Å². The second-order valence-corrected chi connectivity index (χ2v) is 7.71. The molecule has 1 aromatic heterocycles. The van der Waals surface area contributed by atoms with E-state index in [1.807, 2.05) is 12.1 Å². The normalized spacial score (nSPS) is 17.5. The van der Waals surface area contributed by atoms with E-state index in [-0.39, 0.29) is 11.0 Å². The van der Waals surface area contributed by atoms with E-state index in [1.54, 1.807) is 7.11 Å². The topological polar surface area (TPSA) is 58.2 Å². The van der Waals surface area contributed by atoms with Gasteiger partial charge in [0.25, 0.3) is 5.56 Å². The lowest BCUT2D eigenvalue weighted by Gasteiger charge is -2.30. The van der Waals surface area contributed by atoms with Crippen molar-refractivity contribution in [1.82, 2.24) is 14.9 Å². The van der Waals surface area contributed by atoms with Gasteiger partial charge in [0.2, 0.25) is 0 Å². The Balaban J connectivity index is 1.82. The Labute approximate surface area is 143 Å². The number of aromatic amines is 1. The number of fused-ring (bicyclic) bond motifs is 1. The molecule has 2 aromatic rings. The minimum Gasteiger partial charge on any atom is -0.381 e. The molecule has 2 heterocycles. The molecule has 1 N–H and O–H groups in total. The monoisotopic (exact) mass is 329 g/mol. The van der Waals surface area contributed by atoms with Crippen molar-refractivity contribution in [3.8, 4) is 0 Å². The number of rotatable bonds is 3. The third-order valence-electron chi connectivity index (χ3n) is 4.86. The maximum atomic E-state index is 12.5. The van der Waals surface area contributed by atoms with Gasteiger partial charge in [-0.25, -0.2) is 4.98 Å². The standard InChI is InChI=1S/C19H27N3O2/c1-19(2,3)13-5-6-16-15(11-13)18(23)21-17(20-16)12-22-9-7-14(24-4)8-10-22/h5-6,11,14H,7-10,12H2,1-4H3,(H,20,21,23). The first-order valence-corrected chi connectivity index (χ1v) is 8.65. The van der Waals surface area contributed by atoms with Gasteiger partial charge in [0.15, 0.2) is 0 Å². The van der Waals surface area contributed by atoms with E-state index in [0.717, 1.165) is 42.8 Å². The highest BCUT2D eigenvalue weighted by molar-refractivity contribution is 5.78. The van der Waals surface area contributed by atoms with Crippen LogP contribution in [0, 0.1) is 0 Å². The summed E-state index contributed by atoms with van der Waals surface area (Å²) in [6, 6.07) is 6.00. The number of hydrogen-bond acceptors (Lipinski definition) is 4. The molecule has 0 aliphatic carbocycles. The number of benzene rings is 1. The van der Waals surface area contributed by atoms with E-state index >= 15 is 0 Å². The SMILES string of the molecule is COC1CCN(Cc2nc3ccc(C(C)(C)C)cc3c(=O)[nH]2)CC1. The van der Waals surface area contributed by atoms with Crippen LogP contribution in [-0.4, -0.2) is 41.2 Å². The first kappa shape index (κ1) is 17.1. The van der Waals surface area contributed by atoms with E-state index in [4.69, 9.17) is 4.74 Å². The van der Waals surface area contributed by atoms with E-state index in [2.05, 4.69) is 41.7 Å². The summed E-state index contributed by atoms with van der Waals surface area (Å²) in [7, 11) is 1.77. The Kier molecular flexibility index (Phi) is 4.74. The van der Waals surface area contributed by atoms with Crippen LogP contribution in [0.1, 0.15) is 45.0 Å². The number of ether oxygens (including phenoxy) is 1. The van der Waals surface area contributed by atoms with Crippen molar-refractivity contribution in [3.05, 3.63) is 39.9 Å². The molecular formula is C19H27N3O2.